The Morgan fingerprint density at radius 3 is 2.17 bits per heavy atom. The Balaban J connectivity index is 0.824. The molecule has 3 aromatic carbocycles. The zero-order valence-electron chi connectivity index (χ0n) is 35.2. The number of imide groups is 2. The lowest BCUT2D eigenvalue weighted by Crippen LogP contribution is -2.74. The van der Waals surface area contributed by atoms with Crippen molar-refractivity contribution in [2.75, 3.05) is 62.2 Å². The smallest absolute Gasteiger partial charge is 0.262 e. The van der Waals surface area contributed by atoms with Crippen LogP contribution in [0.3, 0.4) is 0 Å². The summed E-state index contributed by atoms with van der Waals surface area (Å²) in [6.45, 7) is 18.2. The third-order valence-electron chi connectivity index (χ3n) is 13.2. The molecule has 8 rings (SSSR count). The highest BCUT2D eigenvalue weighted by atomic mass is 16.5. The predicted molar refractivity (Wildman–Crippen MR) is 224 cm³/mol. The minimum absolute atomic E-state index is 0.00511. The summed E-state index contributed by atoms with van der Waals surface area (Å²) in [5, 5.41) is 15.0. The molecule has 3 aromatic rings. The second-order valence-corrected chi connectivity index (χ2v) is 18.0. The van der Waals surface area contributed by atoms with Crippen LogP contribution < -0.4 is 25.2 Å². The van der Waals surface area contributed by atoms with Crippen LogP contribution in [0.5, 0.6) is 5.75 Å². The van der Waals surface area contributed by atoms with Gasteiger partial charge in [0.2, 0.25) is 11.8 Å². The number of rotatable bonds is 9. The Hall–Kier alpha value is -5.78. The summed E-state index contributed by atoms with van der Waals surface area (Å²) in [5.41, 5.74) is 4.82. The number of anilines is 2. The third kappa shape index (κ3) is 7.38. The molecule has 1 aliphatic carbocycles. The first-order valence-corrected chi connectivity index (χ1v) is 20.8. The third-order valence-corrected chi connectivity index (χ3v) is 13.2. The van der Waals surface area contributed by atoms with E-state index in [1.54, 1.807) is 12.1 Å². The van der Waals surface area contributed by atoms with Crippen LogP contribution in [-0.2, 0) is 14.3 Å². The molecule has 60 heavy (non-hydrogen) atoms. The first-order valence-electron chi connectivity index (χ1n) is 20.8. The van der Waals surface area contributed by atoms with Gasteiger partial charge in [0.1, 0.15) is 17.9 Å². The van der Waals surface area contributed by atoms with Gasteiger partial charge in [-0.2, -0.15) is 5.26 Å². The van der Waals surface area contributed by atoms with Crippen molar-refractivity contribution < 1.29 is 33.4 Å². The number of benzene rings is 3. The molecule has 0 bridgehead atoms. The van der Waals surface area contributed by atoms with E-state index in [0.29, 0.717) is 17.7 Å². The van der Waals surface area contributed by atoms with E-state index >= 15 is 0 Å². The second-order valence-electron chi connectivity index (χ2n) is 18.0. The number of fused-ring (bicyclic) bond motifs is 1. The average molecular weight is 816 g/mol. The Morgan fingerprint density at radius 2 is 1.52 bits per heavy atom. The topological polar surface area (TPSA) is 165 Å². The maximum absolute atomic E-state index is 13.6. The number of carbonyl (C=O) groups is 5. The van der Waals surface area contributed by atoms with Gasteiger partial charge >= 0.3 is 0 Å². The second kappa shape index (κ2) is 15.7. The molecule has 14 heteroatoms. The number of amides is 5. The van der Waals surface area contributed by atoms with E-state index in [2.05, 4.69) is 59.1 Å². The number of aryl methyl sites for hydroxylation is 2. The van der Waals surface area contributed by atoms with E-state index in [-0.39, 0.29) is 59.0 Å². The minimum atomic E-state index is -0.989. The number of piperidine rings is 1. The zero-order valence-corrected chi connectivity index (χ0v) is 35.2. The fourth-order valence-electron chi connectivity index (χ4n) is 10.3. The van der Waals surface area contributed by atoms with Gasteiger partial charge in [0, 0.05) is 86.0 Å². The number of nitriles is 1. The maximum atomic E-state index is 13.6. The Kier molecular flexibility index (Phi) is 10.7. The molecule has 2 N–H and O–H groups in total. The van der Waals surface area contributed by atoms with E-state index in [1.807, 2.05) is 56.3 Å². The van der Waals surface area contributed by atoms with Crippen LogP contribution in [0.15, 0.2) is 54.6 Å². The number of hydrogen-bond acceptors (Lipinski definition) is 11. The first kappa shape index (κ1) is 41.0. The highest BCUT2D eigenvalue weighted by molar-refractivity contribution is 6.23. The van der Waals surface area contributed by atoms with Gasteiger partial charge in [-0.05, 0) is 86.0 Å². The van der Waals surface area contributed by atoms with E-state index in [0.717, 1.165) is 79.0 Å². The summed E-state index contributed by atoms with van der Waals surface area (Å²) in [6, 6.07) is 18.0. The number of ether oxygens (including phenoxy) is 2. The Labute approximate surface area is 350 Å². The molecule has 5 amide bonds. The monoisotopic (exact) mass is 815 g/mol. The summed E-state index contributed by atoms with van der Waals surface area (Å²) < 4.78 is 12.8. The lowest BCUT2D eigenvalue weighted by Gasteiger charge is -2.63. The van der Waals surface area contributed by atoms with Crippen molar-refractivity contribution in [2.24, 2.45) is 10.8 Å². The van der Waals surface area contributed by atoms with E-state index in [1.165, 1.54) is 0 Å². The molecule has 4 fully saturated rings. The molecule has 4 heterocycles. The summed E-state index contributed by atoms with van der Waals surface area (Å²) in [5.74, 6) is -1.42. The molecule has 14 nitrogen and oxygen atoms in total. The highest BCUT2D eigenvalue weighted by Gasteiger charge is 2.64. The summed E-state index contributed by atoms with van der Waals surface area (Å²) in [7, 11) is 0. The first-order chi connectivity index (χ1) is 28.6. The van der Waals surface area contributed by atoms with E-state index < -0.39 is 29.7 Å². The lowest BCUT2D eigenvalue weighted by molar-refractivity contribution is -0.164. The quantitative estimate of drug-likeness (QED) is 0.298. The van der Waals surface area contributed by atoms with Crippen molar-refractivity contribution in [1.29, 1.82) is 5.26 Å². The average Bonchev–Trinajstić information content (AvgIpc) is 3.46. The minimum Gasteiger partial charge on any atom is -0.489 e. The van der Waals surface area contributed by atoms with Crippen LogP contribution in [0.25, 0.3) is 0 Å². The van der Waals surface area contributed by atoms with Gasteiger partial charge in [-0.3, -0.25) is 39.1 Å². The van der Waals surface area contributed by atoms with E-state index in [9.17, 15) is 29.2 Å². The number of nitrogens with one attached hydrogen (secondary N) is 2. The molecule has 3 saturated heterocycles. The molecule has 4 aliphatic heterocycles. The van der Waals surface area contributed by atoms with Gasteiger partial charge in [-0.25, -0.2) is 0 Å². The summed E-state index contributed by atoms with van der Waals surface area (Å²) in [4.78, 5) is 72.1. The van der Waals surface area contributed by atoms with Crippen molar-refractivity contribution in [1.82, 2.24) is 20.4 Å². The predicted octanol–water partition coefficient (Wildman–Crippen LogP) is 4.22. The molecule has 5 aliphatic rings. The summed E-state index contributed by atoms with van der Waals surface area (Å²) >= 11 is 0. The molecular weight excluding hydrogens is 763 g/mol. The fraction of sp³-hybridized carbons (Fsp3) is 0.478. The Bertz CT molecular complexity index is 2250. The van der Waals surface area contributed by atoms with Crippen LogP contribution in [0.2, 0.25) is 0 Å². The van der Waals surface area contributed by atoms with Crippen molar-refractivity contribution in [3.63, 3.8) is 0 Å². The van der Waals surface area contributed by atoms with Gasteiger partial charge in [-0.15, -0.1) is 0 Å². The molecule has 1 unspecified atom stereocenters. The van der Waals surface area contributed by atoms with Crippen molar-refractivity contribution >= 4 is 40.9 Å². The molecule has 1 saturated carbocycles. The van der Waals surface area contributed by atoms with Crippen LogP contribution in [0.1, 0.15) is 88.3 Å². The molecule has 0 aromatic heterocycles. The van der Waals surface area contributed by atoms with Crippen molar-refractivity contribution in [3.05, 3.63) is 88.0 Å². The molecule has 0 radical (unpaired) electrons. The van der Waals surface area contributed by atoms with Crippen molar-refractivity contribution in [3.8, 4) is 11.8 Å². The lowest BCUT2D eigenvalue weighted by atomic mass is 9.49. The fourth-order valence-corrected chi connectivity index (χ4v) is 10.3. The molecule has 2 atom stereocenters. The van der Waals surface area contributed by atoms with Crippen molar-refractivity contribution in [2.45, 2.75) is 78.7 Å². The van der Waals surface area contributed by atoms with Crippen LogP contribution >= 0.6 is 0 Å². The number of carbonyl (C=O) groups excluding carboxylic acids is 5. The van der Waals surface area contributed by atoms with Gasteiger partial charge in [0.25, 0.3) is 17.7 Å². The van der Waals surface area contributed by atoms with Crippen LogP contribution in [-0.4, -0.2) is 116 Å². The maximum Gasteiger partial charge on any atom is 0.262 e. The van der Waals surface area contributed by atoms with Gasteiger partial charge < -0.3 is 24.6 Å². The zero-order chi connectivity index (χ0) is 42.7. The highest BCUT2D eigenvalue weighted by Crippen LogP contribution is 2.55. The number of hydrogen-bond donors (Lipinski definition) is 2. The standard InChI is InChI=1S/C46H53N7O7/c1-27-21-32(22-28(2)36(27)24-47)60-44-45(3,4)43(46(44,5)6)49-39(55)29-7-9-30(10-8-29)52-19-20-59-33(26-52)25-50-15-17-51(18-16-50)31-11-12-34-35(23-31)42(58)53(41(34)57)37-13-14-38(54)48-40(37)56/h7-12,21-23,33,37,43-44H,13-20,25-26H2,1-6H3,(H,49,55)(H,48,54,56)/t33-,37?,43?,44?/m0/s1. The largest absolute Gasteiger partial charge is 0.489 e. The number of nitrogens with zero attached hydrogens (tertiary/aromatic N) is 5. The summed E-state index contributed by atoms with van der Waals surface area (Å²) in [6.07, 6.45) is 0.0639. The molecular formula is C46H53N7O7. The van der Waals surface area contributed by atoms with Crippen LogP contribution in [0, 0.1) is 36.0 Å². The SMILES string of the molecule is Cc1cc(OC2C(C)(C)C(NC(=O)c3ccc(N4CCO[C@@H](CN5CCN(c6ccc7c(c6)C(=O)N(C6CCC(=O)NC6=O)C7=O)CC5)C4)cc3)C2(C)C)cc(C)c1C#N. The molecule has 0 spiro atoms. The van der Waals surface area contributed by atoms with Gasteiger partial charge in [0.05, 0.1) is 35.5 Å². The van der Waals surface area contributed by atoms with Crippen LogP contribution in [0.4, 0.5) is 11.4 Å². The Morgan fingerprint density at radius 1 is 0.867 bits per heavy atom. The normalized spacial score (nSPS) is 25.0. The van der Waals surface area contributed by atoms with Gasteiger partial charge in [-0.1, -0.05) is 27.7 Å². The number of morpholine rings is 1. The molecule has 314 valence electrons. The number of piperazine rings is 1. The van der Waals surface area contributed by atoms with Gasteiger partial charge in [0.15, 0.2) is 0 Å². The van der Waals surface area contributed by atoms with E-state index in [4.69, 9.17) is 9.47 Å².